The molecule has 1 aliphatic rings. The van der Waals surface area contributed by atoms with Gasteiger partial charge >= 0.3 is 8.80 Å². The van der Waals surface area contributed by atoms with Gasteiger partial charge in [-0.25, -0.2) is 0 Å². The second-order valence-corrected chi connectivity index (χ2v) is 8.45. The molecule has 6 heteroatoms. The van der Waals surface area contributed by atoms with Crippen LogP contribution in [0.4, 0.5) is 0 Å². The highest BCUT2D eigenvalue weighted by Gasteiger charge is 2.48. The van der Waals surface area contributed by atoms with Gasteiger partial charge in [-0.3, -0.25) is 0 Å². The molecule has 0 saturated carbocycles. The summed E-state index contributed by atoms with van der Waals surface area (Å²) in [7, 11) is -2.60. The highest BCUT2D eigenvalue weighted by atomic mass is 28.4. The van der Waals surface area contributed by atoms with E-state index in [1.807, 2.05) is 20.8 Å². The molecule has 5 nitrogen and oxygen atoms in total. The topological polar surface area (TPSA) is 49.5 Å². The van der Waals surface area contributed by atoms with Crippen molar-refractivity contribution in [2.24, 2.45) is 0 Å². The van der Waals surface area contributed by atoms with Crippen LogP contribution in [-0.4, -0.2) is 54.5 Å². The monoisotopic (exact) mass is 334 g/mol. The molecule has 0 amide bonds. The third-order valence-corrected chi connectivity index (χ3v) is 7.37. The van der Waals surface area contributed by atoms with Gasteiger partial charge < -0.3 is 22.8 Å². The standard InChI is InChI=1S/C16H34O5Si/c1-5-10-16(11-9-12-17-13-15-14-18-15)22(19-6-2,20-7-3)21-8-4/h15-16H,5-14H2,1-4H3. The van der Waals surface area contributed by atoms with E-state index in [2.05, 4.69) is 6.92 Å². The lowest BCUT2D eigenvalue weighted by Crippen LogP contribution is -2.50. The van der Waals surface area contributed by atoms with Crippen LogP contribution >= 0.6 is 0 Å². The molecule has 1 fully saturated rings. The maximum Gasteiger partial charge on any atom is 0.504 e. The van der Waals surface area contributed by atoms with Gasteiger partial charge in [-0.15, -0.1) is 0 Å². The Morgan fingerprint density at radius 3 is 2.05 bits per heavy atom. The van der Waals surface area contributed by atoms with Crippen LogP contribution in [0.2, 0.25) is 5.54 Å². The van der Waals surface area contributed by atoms with Crippen LogP contribution in [0.3, 0.4) is 0 Å². The summed E-state index contributed by atoms with van der Waals surface area (Å²) in [6.07, 6.45) is 4.59. The van der Waals surface area contributed by atoms with Gasteiger partial charge in [0.25, 0.3) is 0 Å². The minimum absolute atomic E-state index is 0.343. The number of ether oxygens (including phenoxy) is 2. The Hall–Kier alpha value is 0.0169. The van der Waals surface area contributed by atoms with Gasteiger partial charge in [0.1, 0.15) is 6.10 Å². The Balaban J connectivity index is 2.51. The minimum Gasteiger partial charge on any atom is -0.379 e. The van der Waals surface area contributed by atoms with Gasteiger partial charge in [-0.05, 0) is 40.0 Å². The zero-order valence-corrected chi connectivity index (χ0v) is 15.8. The molecule has 0 aromatic heterocycles. The van der Waals surface area contributed by atoms with Gasteiger partial charge in [0.15, 0.2) is 0 Å². The molecule has 0 bridgehead atoms. The van der Waals surface area contributed by atoms with Crippen molar-refractivity contribution in [3.05, 3.63) is 0 Å². The normalized spacial score (nSPS) is 19.4. The molecule has 22 heavy (non-hydrogen) atoms. The molecule has 0 spiro atoms. The Morgan fingerprint density at radius 1 is 1.00 bits per heavy atom. The summed E-state index contributed by atoms with van der Waals surface area (Å²) in [5, 5.41) is 0. The summed E-state index contributed by atoms with van der Waals surface area (Å²) in [6.45, 7) is 12.5. The second-order valence-electron chi connectivity index (χ2n) is 5.56. The first kappa shape index (κ1) is 20.1. The molecule has 2 unspecified atom stereocenters. The van der Waals surface area contributed by atoms with Crippen LogP contribution in [0.5, 0.6) is 0 Å². The van der Waals surface area contributed by atoms with Gasteiger partial charge in [-0.2, -0.15) is 0 Å². The van der Waals surface area contributed by atoms with Crippen molar-refractivity contribution in [3.63, 3.8) is 0 Å². The number of epoxide rings is 1. The first-order valence-electron chi connectivity index (χ1n) is 8.83. The van der Waals surface area contributed by atoms with Crippen molar-refractivity contribution in [1.82, 2.24) is 0 Å². The summed E-state index contributed by atoms with van der Waals surface area (Å²) in [5.74, 6) is 0. The van der Waals surface area contributed by atoms with Crippen molar-refractivity contribution < 1.29 is 22.8 Å². The maximum absolute atomic E-state index is 6.06. The van der Waals surface area contributed by atoms with Crippen LogP contribution in [-0.2, 0) is 22.8 Å². The van der Waals surface area contributed by atoms with E-state index in [0.717, 1.165) is 45.5 Å². The summed E-state index contributed by atoms with van der Waals surface area (Å²) in [6, 6.07) is 0. The van der Waals surface area contributed by atoms with Crippen molar-refractivity contribution in [3.8, 4) is 0 Å². The quantitative estimate of drug-likeness (QED) is 0.261. The van der Waals surface area contributed by atoms with Gasteiger partial charge in [0.2, 0.25) is 0 Å². The minimum atomic E-state index is -2.60. The Labute approximate surface area is 137 Å². The lowest BCUT2D eigenvalue weighted by Gasteiger charge is -2.35. The average Bonchev–Trinajstić information content (AvgIpc) is 3.30. The molecule has 0 aliphatic carbocycles. The summed E-state index contributed by atoms with van der Waals surface area (Å²) in [4.78, 5) is 0. The third kappa shape index (κ3) is 7.06. The molecule has 0 radical (unpaired) electrons. The highest BCUT2D eigenvalue weighted by Crippen LogP contribution is 2.34. The predicted molar refractivity (Wildman–Crippen MR) is 89.1 cm³/mol. The summed E-state index contributed by atoms with van der Waals surface area (Å²) < 4.78 is 29.0. The molecule has 2 atom stereocenters. The van der Waals surface area contributed by atoms with E-state index in [-0.39, 0.29) is 0 Å². The van der Waals surface area contributed by atoms with Gasteiger partial charge in [0.05, 0.1) is 13.2 Å². The predicted octanol–water partition coefficient (Wildman–Crippen LogP) is 3.40. The Morgan fingerprint density at radius 2 is 1.59 bits per heavy atom. The SMILES string of the molecule is CCCC(CCCOCC1CO1)[Si](OCC)(OCC)OCC. The fraction of sp³-hybridized carbons (Fsp3) is 1.00. The van der Waals surface area contributed by atoms with Gasteiger partial charge in [0, 0.05) is 32.0 Å². The van der Waals surface area contributed by atoms with Crippen LogP contribution in [0, 0.1) is 0 Å². The molecule has 1 saturated heterocycles. The van der Waals surface area contributed by atoms with Crippen LogP contribution < -0.4 is 0 Å². The summed E-state index contributed by atoms with van der Waals surface area (Å²) >= 11 is 0. The average molecular weight is 335 g/mol. The molecular weight excluding hydrogens is 300 g/mol. The van der Waals surface area contributed by atoms with E-state index in [1.165, 1.54) is 0 Å². The van der Waals surface area contributed by atoms with E-state index >= 15 is 0 Å². The Kier molecular flexibility index (Phi) is 10.5. The smallest absolute Gasteiger partial charge is 0.379 e. The first-order chi connectivity index (χ1) is 10.7. The van der Waals surface area contributed by atoms with Crippen molar-refractivity contribution in [2.75, 3.05) is 39.6 Å². The fourth-order valence-corrected chi connectivity index (χ4v) is 6.10. The van der Waals surface area contributed by atoms with E-state index < -0.39 is 8.80 Å². The van der Waals surface area contributed by atoms with Crippen LogP contribution in [0.25, 0.3) is 0 Å². The molecule has 132 valence electrons. The van der Waals surface area contributed by atoms with E-state index in [9.17, 15) is 0 Å². The lowest BCUT2D eigenvalue weighted by atomic mass is 10.1. The summed E-state index contributed by atoms with van der Waals surface area (Å²) in [5.41, 5.74) is 0.359. The third-order valence-electron chi connectivity index (χ3n) is 3.72. The molecule has 0 aromatic carbocycles. The maximum atomic E-state index is 6.06. The van der Waals surface area contributed by atoms with Crippen molar-refractivity contribution in [2.45, 2.75) is 65.0 Å². The van der Waals surface area contributed by atoms with Crippen molar-refractivity contribution >= 4 is 8.80 Å². The first-order valence-corrected chi connectivity index (χ1v) is 10.6. The van der Waals surface area contributed by atoms with E-state index in [1.54, 1.807) is 0 Å². The zero-order chi connectivity index (χ0) is 16.3. The zero-order valence-electron chi connectivity index (χ0n) is 14.8. The molecule has 1 aliphatic heterocycles. The van der Waals surface area contributed by atoms with E-state index in [0.29, 0.717) is 31.5 Å². The Bertz CT molecular complexity index is 256. The molecule has 0 aromatic rings. The van der Waals surface area contributed by atoms with Gasteiger partial charge in [-0.1, -0.05) is 13.3 Å². The lowest BCUT2D eigenvalue weighted by molar-refractivity contribution is 0.0559. The second kappa shape index (κ2) is 11.5. The molecular formula is C16H34O5Si. The number of hydrogen-bond donors (Lipinski definition) is 0. The van der Waals surface area contributed by atoms with E-state index in [4.69, 9.17) is 22.8 Å². The molecule has 0 N–H and O–H groups in total. The molecule has 1 rings (SSSR count). The number of hydrogen-bond acceptors (Lipinski definition) is 5. The van der Waals surface area contributed by atoms with Crippen LogP contribution in [0.15, 0.2) is 0 Å². The fourth-order valence-electron chi connectivity index (χ4n) is 2.74. The highest BCUT2D eigenvalue weighted by molar-refractivity contribution is 6.62. The molecule has 1 heterocycles. The number of rotatable bonds is 15. The van der Waals surface area contributed by atoms with Crippen molar-refractivity contribution in [1.29, 1.82) is 0 Å². The van der Waals surface area contributed by atoms with Crippen LogP contribution in [0.1, 0.15) is 53.4 Å². The largest absolute Gasteiger partial charge is 0.504 e.